The van der Waals surface area contributed by atoms with Crippen molar-refractivity contribution < 1.29 is 23.7 Å². The molecule has 0 aliphatic rings. The van der Waals surface area contributed by atoms with Crippen molar-refractivity contribution in [3.05, 3.63) is 90.1 Å². The summed E-state index contributed by atoms with van der Waals surface area (Å²) >= 11 is 0. The summed E-state index contributed by atoms with van der Waals surface area (Å²) in [7, 11) is 6.15. The molecule has 0 fully saturated rings. The molecule has 0 aliphatic carbocycles. The van der Waals surface area contributed by atoms with E-state index >= 15 is 0 Å². The van der Waals surface area contributed by atoms with Crippen molar-refractivity contribution >= 4 is 22.6 Å². The van der Waals surface area contributed by atoms with Crippen LogP contribution in [0.5, 0.6) is 17.2 Å². The minimum absolute atomic E-state index is 0.265. The maximum absolute atomic E-state index is 12.8. The van der Waals surface area contributed by atoms with Crippen LogP contribution in [0.2, 0.25) is 0 Å². The van der Waals surface area contributed by atoms with Gasteiger partial charge in [0.05, 0.1) is 63.6 Å². The number of hydrogen-bond donors (Lipinski definition) is 0. The van der Waals surface area contributed by atoms with Gasteiger partial charge in [0.2, 0.25) is 0 Å². The third-order valence-corrected chi connectivity index (χ3v) is 7.44. The van der Waals surface area contributed by atoms with Gasteiger partial charge in [0, 0.05) is 42.2 Å². The number of aryl methyl sites for hydroxylation is 1. The summed E-state index contributed by atoms with van der Waals surface area (Å²) < 4.78 is 25.4. The van der Waals surface area contributed by atoms with Gasteiger partial charge in [0.25, 0.3) is 0 Å². The maximum Gasteiger partial charge on any atom is 0.410 e. The number of benzene rings is 2. The van der Waals surface area contributed by atoms with Crippen LogP contribution < -0.4 is 14.2 Å². The maximum atomic E-state index is 12.8. The summed E-state index contributed by atoms with van der Waals surface area (Å²) in [4.78, 5) is 23.6. The highest BCUT2D eigenvalue weighted by atomic mass is 16.5. The van der Waals surface area contributed by atoms with E-state index in [1.807, 2.05) is 66.5 Å². The molecule has 6 rings (SSSR count). The molecule has 4 aromatic heterocycles. The molecule has 0 saturated heterocycles. The van der Waals surface area contributed by atoms with E-state index in [1.54, 1.807) is 49.2 Å². The SMILES string of the molecule is COC(=O)N(Cc1ccc(-n2nc(C)c3cnc(-c4cnn5cccnc45)cc32)c(OC)c1)Cc1ccc(OC)cc1OC. The lowest BCUT2D eigenvalue weighted by atomic mass is 10.1. The fourth-order valence-electron chi connectivity index (χ4n) is 5.21. The molecule has 0 unspecified atom stereocenters. The second-order valence-electron chi connectivity index (χ2n) is 10.0. The van der Waals surface area contributed by atoms with Crippen molar-refractivity contribution in [3.8, 4) is 34.2 Å². The Kier molecular flexibility index (Phi) is 7.71. The lowest BCUT2D eigenvalue weighted by Gasteiger charge is -2.23. The Morgan fingerprint density at radius 3 is 2.52 bits per heavy atom. The number of nitrogens with zero attached hydrogens (tertiary/aromatic N) is 7. The first-order chi connectivity index (χ1) is 21.4. The van der Waals surface area contributed by atoms with E-state index in [0.29, 0.717) is 22.9 Å². The predicted molar refractivity (Wildman–Crippen MR) is 163 cm³/mol. The fraction of sp³-hybridized carbons (Fsp3) is 0.219. The Hall–Kier alpha value is -5.65. The standard InChI is InChI=1S/C32H31N7O5/c1-20-24-16-34-26(25-17-35-38-12-6-11-33-31(25)38)15-28(24)39(36-20)27-10-7-21(13-30(27)43-4)18-37(32(40)44-5)19-22-8-9-23(41-2)14-29(22)42-3/h6-17H,18-19H2,1-5H3. The van der Waals surface area contributed by atoms with Gasteiger partial charge in [-0.1, -0.05) is 6.07 Å². The van der Waals surface area contributed by atoms with Gasteiger partial charge < -0.3 is 18.9 Å². The molecule has 44 heavy (non-hydrogen) atoms. The minimum Gasteiger partial charge on any atom is -0.497 e. The molecule has 2 aromatic carbocycles. The number of aromatic nitrogens is 6. The lowest BCUT2D eigenvalue weighted by molar-refractivity contribution is 0.117. The van der Waals surface area contributed by atoms with Gasteiger partial charge in [-0.2, -0.15) is 10.2 Å². The summed E-state index contributed by atoms with van der Waals surface area (Å²) in [6.45, 7) is 2.48. The topological polar surface area (TPSA) is 118 Å². The van der Waals surface area contributed by atoms with Crippen LogP contribution in [0.25, 0.3) is 33.5 Å². The molecule has 0 radical (unpaired) electrons. The summed E-state index contributed by atoms with van der Waals surface area (Å²) in [5, 5.41) is 10.1. The zero-order valence-electron chi connectivity index (χ0n) is 25.0. The molecule has 224 valence electrons. The molecule has 0 bridgehead atoms. The normalized spacial score (nSPS) is 11.1. The number of pyridine rings is 1. The zero-order chi connectivity index (χ0) is 30.8. The number of methoxy groups -OCH3 is 4. The van der Waals surface area contributed by atoms with E-state index < -0.39 is 6.09 Å². The number of amides is 1. The molecule has 1 amide bonds. The number of fused-ring (bicyclic) bond motifs is 2. The average molecular weight is 594 g/mol. The molecule has 4 heterocycles. The molecule has 0 saturated carbocycles. The van der Waals surface area contributed by atoms with E-state index in [-0.39, 0.29) is 13.1 Å². The minimum atomic E-state index is -0.471. The van der Waals surface area contributed by atoms with Crippen LogP contribution in [0, 0.1) is 6.92 Å². The van der Waals surface area contributed by atoms with E-state index in [0.717, 1.165) is 44.7 Å². The van der Waals surface area contributed by atoms with Crippen LogP contribution in [0.4, 0.5) is 4.79 Å². The molecule has 12 heteroatoms. The molecular weight excluding hydrogens is 562 g/mol. The van der Waals surface area contributed by atoms with Gasteiger partial charge >= 0.3 is 6.09 Å². The summed E-state index contributed by atoms with van der Waals surface area (Å²) in [5.41, 5.74) is 6.34. The molecule has 12 nitrogen and oxygen atoms in total. The number of rotatable bonds is 9. The zero-order valence-corrected chi connectivity index (χ0v) is 25.0. The highest BCUT2D eigenvalue weighted by Crippen LogP contribution is 2.32. The van der Waals surface area contributed by atoms with Gasteiger partial charge in [-0.05, 0) is 48.9 Å². The Morgan fingerprint density at radius 1 is 0.909 bits per heavy atom. The molecule has 0 aliphatic heterocycles. The van der Waals surface area contributed by atoms with E-state index in [1.165, 1.54) is 7.11 Å². The second-order valence-corrected chi connectivity index (χ2v) is 10.0. The number of hydrogen-bond acceptors (Lipinski definition) is 9. The van der Waals surface area contributed by atoms with Crippen LogP contribution >= 0.6 is 0 Å². The Balaban J connectivity index is 1.34. The van der Waals surface area contributed by atoms with Crippen LogP contribution in [0.1, 0.15) is 16.8 Å². The molecule has 0 atom stereocenters. The van der Waals surface area contributed by atoms with Crippen molar-refractivity contribution in [1.29, 1.82) is 0 Å². The summed E-state index contributed by atoms with van der Waals surface area (Å²) in [5.74, 6) is 1.87. The Bertz CT molecular complexity index is 1980. The first-order valence-electron chi connectivity index (χ1n) is 13.8. The summed E-state index contributed by atoms with van der Waals surface area (Å²) in [6, 6.07) is 15.1. The Morgan fingerprint density at radius 2 is 1.75 bits per heavy atom. The van der Waals surface area contributed by atoms with Gasteiger partial charge in [-0.3, -0.25) is 9.88 Å². The van der Waals surface area contributed by atoms with Gasteiger partial charge in [0.1, 0.15) is 22.9 Å². The largest absolute Gasteiger partial charge is 0.497 e. The monoisotopic (exact) mass is 593 g/mol. The number of carbonyl (C=O) groups excluding carboxylic acids is 1. The fourth-order valence-corrected chi connectivity index (χ4v) is 5.21. The van der Waals surface area contributed by atoms with E-state index in [2.05, 4.69) is 10.1 Å². The average Bonchev–Trinajstić information content (AvgIpc) is 3.64. The first-order valence-corrected chi connectivity index (χ1v) is 13.8. The van der Waals surface area contributed by atoms with Crippen LogP contribution in [0.15, 0.2) is 73.3 Å². The first kappa shape index (κ1) is 28.5. The Labute approximate surface area is 253 Å². The van der Waals surface area contributed by atoms with Crippen molar-refractivity contribution in [1.82, 2.24) is 34.3 Å². The van der Waals surface area contributed by atoms with Crippen molar-refractivity contribution in [3.63, 3.8) is 0 Å². The highest BCUT2D eigenvalue weighted by Gasteiger charge is 2.20. The van der Waals surface area contributed by atoms with Crippen molar-refractivity contribution in [2.24, 2.45) is 0 Å². The van der Waals surface area contributed by atoms with Crippen molar-refractivity contribution in [2.45, 2.75) is 20.0 Å². The third-order valence-electron chi connectivity index (χ3n) is 7.44. The lowest BCUT2D eigenvalue weighted by Crippen LogP contribution is -2.30. The molecular formula is C32H31N7O5. The van der Waals surface area contributed by atoms with E-state index in [9.17, 15) is 4.79 Å². The molecule has 0 N–H and O–H groups in total. The van der Waals surface area contributed by atoms with Gasteiger partial charge in [-0.15, -0.1) is 0 Å². The smallest absolute Gasteiger partial charge is 0.410 e. The third kappa shape index (κ3) is 5.21. The van der Waals surface area contributed by atoms with Crippen LogP contribution in [0.3, 0.4) is 0 Å². The quantitative estimate of drug-likeness (QED) is 0.222. The predicted octanol–water partition coefficient (Wildman–Crippen LogP) is 5.23. The molecule has 0 spiro atoms. The van der Waals surface area contributed by atoms with Gasteiger partial charge in [-0.25, -0.2) is 19.0 Å². The van der Waals surface area contributed by atoms with Crippen molar-refractivity contribution in [2.75, 3.05) is 28.4 Å². The van der Waals surface area contributed by atoms with Crippen LogP contribution in [-0.4, -0.2) is 68.8 Å². The number of carbonyl (C=O) groups is 1. The highest BCUT2D eigenvalue weighted by molar-refractivity contribution is 5.88. The van der Waals surface area contributed by atoms with Crippen LogP contribution in [-0.2, 0) is 17.8 Å². The van der Waals surface area contributed by atoms with Gasteiger partial charge in [0.15, 0.2) is 5.65 Å². The molecule has 6 aromatic rings. The summed E-state index contributed by atoms with van der Waals surface area (Å²) in [6.07, 6.45) is 6.68. The van der Waals surface area contributed by atoms with E-state index in [4.69, 9.17) is 29.0 Å². The second kappa shape index (κ2) is 11.9. The number of ether oxygens (including phenoxy) is 4.